The highest BCUT2D eigenvalue weighted by molar-refractivity contribution is 6.34. The molecular weight excluding hydrogens is 502 g/mol. The van der Waals surface area contributed by atoms with Gasteiger partial charge in [0.05, 0.1) is 52.8 Å². The first-order valence-electron chi connectivity index (χ1n) is 12.6. The molecule has 3 aliphatic rings. The molecular formula is C29H24ClN5O3. The molecule has 1 amide bonds. The molecule has 9 heteroatoms. The number of likely N-dealkylation sites (N-methyl/N-ethyl adjacent to an activating group) is 1. The quantitative estimate of drug-likeness (QED) is 0.393. The lowest BCUT2D eigenvalue weighted by atomic mass is 10.0. The van der Waals surface area contributed by atoms with Gasteiger partial charge in [-0.25, -0.2) is 4.98 Å². The molecule has 0 bridgehead atoms. The van der Waals surface area contributed by atoms with Crippen LogP contribution in [-0.2, 0) is 30.9 Å². The molecule has 0 saturated carbocycles. The zero-order valence-electron chi connectivity index (χ0n) is 20.8. The average Bonchev–Trinajstić information content (AvgIpc) is 3.70. The predicted molar refractivity (Wildman–Crippen MR) is 143 cm³/mol. The van der Waals surface area contributed by atoms with Gasteiger partial charge in [0.1, 0.15) is 18.2 Å². The van der Waals surface area contributed by atoms with Gasteiger partial charge in [-0.2, -0.15) is 5.10 Å². The highest BCUT2D eigenvalue weighted by Crippen LogP contribution is 2.38. The van der Waals surface area contributed by atoms with Crippen molar-refractivity contribution in [1.82, 2.24) is 19.7 Å². The largest absolute Gasteiger partial charge is 0.491 e. The number of nitrogens with two attached hydrogens (primary N) is 1. The van der Waals surface area contributed by atoms with Gasteiger partial charge in [-0.3, -0.25) is 9.48 Å². The van der Waals surface area contributed by atoms with E-state index in [1.807, 2.05) is 29.1 Å². The Morgan fingerprint density at radius 3 is 2.97 bits per heavy atom. The average molecular weight is 526 g/mol. The molecule has 8 nitrogen and oxygen atoms in total. The van der Waals surface area contributed by atoms with Crippen molar-refractivity contribution in [3.8, 4) is 17.6 Å². The van der Waals surface area contributed by atoms with Crippen LogP contribution < -0.4 is 10.5 Å². The van der Waals surface area contributed by atoms with Crippen LogP contribution in [0.25, 0.3) is 10.9 Å². The number of benzene rings is 2. The van der Waals surface area contributed by atoms with Crippen molar-refractivity contribution in [2.75, 3.05) is 19.4 Å². The first kappa shape index (κ1) is 23.1. The van der Waals surface area contributed by atoms with Gasteiger partial charge in [-0.15, -0.1) is 0 Å². The highest BCUT2D eigenvalue weighted by Gasteiger charge is 2.32. The van der Waals surface area contributed by atoms with Crippen LogP contribution in [0.3, 0.4) is 0 Å². The van der Waals surface area contributed by atoms with Crippen molar-refractivity contribution in [3.63, 3.8) is 0 Å². The number of ether oxygens (including phenoxy) is 2. The van der Waals surface area contributed by atoms with E-state index in [9.17, 15) is 4.79 Å². The maximum Gasteiger partial charge on any atom is 0.255 e. The Hall–Kier alpha value is -4.06. The van der Waals surface area contributed by atoms with Crippen LogP contribution in [0, 0.1) is 11.8 Å². The maximum atomic E-state index is 13.6. The lowest BCUT2D eigenvalue weighted by Crippen LogP contribution is -2.32. The molecule has 0 saturated heterocycles. The van der Waals surface area contributed by atoms with E-state index in [1.54, 1.807) is 24.1 Å². The fourth-order valence-corrected chi connectivity index (χ4v) is 5.83. The Morgan fingerprint density at radius 1 is 1.21 bits per heavy atom. The van der Waals surface area contributed by atoms with Gasteiger partial charge >= 0.3 is 0 Å². The second-order valence-corrected chi connectivity index (χ2v) is 10.3. The van der Waals surface area contributed by atoms with Crippen LogP contribution in [0.2, 0.25) is 5.02 Å². The van der Waals surface area contributed by atoms with Crippen molar-refractivity contribution in [3.05, 3.63) is 80.6 Å². The highest BCUT2D eigenvalue weighted by atomic mass is 35.5. The molecule has 38 heavy (non-hydrogen) atoms. The molecule has 190 valence electrons. The molecule has 3 aliphatic heterocycles. The van der Waals surface area contributed by atoms with Gasteiger partial charge in [-0.1, -0.05) is 29.5 Å². The summed E-state index contributed by atoms with van der Waals surface area (Å²) >= 11 is 6.57. The van der Waals surface area contributed by atoms with E-state index in [1.165, 1.54) is 5.69 Å². The monoisotopic (exact) mass is 525 g/mol. The number of carbonyl (C=O) groups is 1. The summed E-state index contributed by atoms with van der Waals surface area (Å²) in [5.41, 5.74) is 13.0. The van der Waals surface area contributed by atoms with Crippen LogP contribution in [0.5, 0.6) is 5.75 Å². The number of nitrogens with zero attached hydrogens (tertiary/aromatic N) is 4. The number of fused-ring (bicyclic) bond motifs is 5. The topological polar surface area (TPSA) is 95.5 Å². The number of nitrogen functional groups attached to an aromatic ring is 1. The third-order valence-electron chi connectivity index (χ3n) is 7.68. The lowest BCUT2D eigenvalue weighted by Gasteiger charge is -2.24. The molecule has 0 spiro atoms. The molecule has 0 unspecified atom stereocenters. The standard InChI is InChI=1S/C29H24ClN5O3/c1-34(29(36)20-10-19-21-13-37-14-22(21)28(31)33-24(19)11-23(20)30)26-15-38-27-9-16(5-7-18(26)27)4-6-17-12-32-35-8-2-3-25(17)35/h5,7,9-12,26H,2-3,8,13-15H2,1H3,(H2,31,33)/t26-/m1/s1. The zero-order valence-corrected chi connectivity index (χ0v) is 21.5. The van der Waals surface area contributed by atoms with E-state index < -0.39 is 0 Å². The molecule has 5 heterocycles. The lowest BCUT2D eigenvalue weighted by molar-refractivity contribution is 0.0709. The van der Waals surface area contributed by atoms with Crippen molar-refractivity contribution >= 4 is 34.2 Å². The van der Waals surface area contributed by atoms with Crippen molar-refractivity contribution in [2.45, 2.75) is 38.6 Å². The number of hydrogen-bond donors (Lipinski definition) is 1. The summed E-state index contributed by atoms with van der Waals surface area (Å²) in [4.78, 5) is 19.8. The number of carbonyl (C=O) groups excluding carboxylic acids is 1. The van der Waals surface area contributed by atoms with Gasteiger partial charge in [0.15, 0.2) is 0 Å². The van der Waals surface area contributed by atoms with Gasteiger partial charge in [0.25, 0.3) is 5.91 Å². The summed E-state index contributed by atoms with van der Waals surface area (Å²) in [6.45, 7) is 2.17. The Kier molecular flexibility index (Phi) is 5.32. The molecule has 4 aromatic rings. The molecule has 7 rings (SSSR count). The molecule has 2 N–H and O–H groups in total. The smallest absolute Gasteiger partial charge is 0.255 e. The van der Waals surface area contributed by atoms with Gasteiger partial charge in [0, 0.05) is 35.7 Å². The Labute approximate surface area is 224 Å². The SMILES string of the molecule is CN(C(=O)c1cc2c3c(c(N)nc2cc1Cl)COC3)[C@@H]1COc2cc(C#Cc3cnn4c3CCC4)ccc21. The first-order chi connectivity index (χ1) is 18.5. The van der Waals surface area contributed by atoms with Gasteiger partial charge in [-0.05, 0) is 42.7 Å². The van der Waals surface area contributed by atoms with Crippen LogP contribution in [0.15, 0.2) is 36.5 Å². The minimum Gasteiger partial charge on any atom is -0.491 e. The summed E-state index contributed by atoms with van der Waals surface area (Å²) < 4.78 is 13.6. The van der Waals surface area contributed by atoms with E-state index in [4.69, 9.17) is 26.8 Å². The molecule has 2 aromatic carbocycles. The normalized spacial score (nSPS) is 16.9. The minimum atomic E-state index is -0.246. The van der Waals surface area contributed by atoms with Gasteiger partial charge < -0.3 is 20.1 Å². The third-order valence-corrected chi connectivity index (χ3v) is 7.99. The number of amides is 1. The summed E-state index contributed by atoms with van der Waals surface area (Å²) in [6.07, 6.45) is 3.97. The second kappa shape index (κ2) is 8.76. The van der Waals surface area contributed by atoms with Crippen LogP contribution >= 0.6 is 11.6 Å². The summed E-state index contributed by atoms with van der Waals surface area (Å²) in [5.74, 6) is 7.48. The van der Waals surface area contributed by atoms with Crippen LogP contribution in [0.1, 0.15) is 56.3 Å². The molecule has 2 aromatic heterocycles. The number of aromatic nitrogens is 3. The fraction of sp³-hybridized carbons (Fsp3) is 0.276. The van der Waals surface area contributed by atoms with E-state index in [2.05, 4.69) is 21.9 Å². The number of aryl methyl sites for hydroxylation is 1. The first-order valence-corrected chi connectivity index (χ1v) is 12.9. The molecule has 0 aliphatic carbocycles. The zero-order chi connectivity index (χ0) is 26.0. The second-order valence-electron chi connectivity index (χ2n) is 9.87. The molecule has 1 atom stereocenters. The summed E-state index contributed by atoms with van der Waals surface area (Å²) in [5, 5.41) is 5.58. The van der Waals surface area contributed by atoms with Gasteiger partial charge in [0.2, 0.25) is 0 Å². The van der Waals surface area contributed by atoms with Crippen LogP contribution in [0.4, 0.5) is 5.82 Å². The number of anilines is 1. The predicted octanol–water partition coefficient (Wildman–Crippen LogP) is 4.25. The summed E-state index contributed by atoms with van der Waals surface area (Å²) in [7, 11) is 1.77. The number of pyridine rings is 1. The number of halogens is 1. The molecule has 0 fully saturated rings. The fourth-order valence-electron chi connectivity index (χ4n) is 5.59. The third kappa shape index (κ3) is 3.62. The van der Waals surface area contributed by atoms with E-state index in [-0.39, 0.29) is 11.9 Å². The number of rotatable bonds is 2. The van der Waals surface area contributed by atoms with E-state index in [0.29, 0.717) is 41.7 Å². The maximum absolute atomic E-state index is 13.6. The minimum absolute atomic E-state index is 0.193. The Morgan fingerprint density at radius 2 is 2.08 bits per heavy atom. The van der Waals surface area contributed by atoms with Crippen LogP contribution in [-0.4, -0.2) is 39.2 Å². The van der Waals surface area contributed by atoms with E-state index in [0.717, 1.165) is 58.3 Å². The Balaban J connectivity index is 1.16. The van der Waals surface area contributed by atoms with Crippen molar-refractivity contribution in [2.24, 2.45) is 0 Å². The summed E-state index contributed by atoms with van der Waals surface area (Å²) in [6, 6.07) is 9.16. The molecule has 0 radical (unpaired) electrons. The number of hydrogen-bond acceptors (Lipinski definition) is 6. The van der Waals surface area contributed by atoms with Crippen molar-refractivity contribution < 1.29 is 14.3 Å². The van der Waals surface area contributed by atoms with Crippen molar-refractivity contribution in [1.29, 1.82) is 0 Å². The van der Waals surface area contributed by atoms with E-state index >= 15 is 0 Å². The Bertz CT molecular complexity index is 1720.